The van der Waals surface area contributed by atoms with Crippen molar-refractivity contribution >= 4 is 18.5 Å². The molecule has 2 unspecified atom stereocenters. The molecule has 0 aliphatic carbocycles. The Morgan fingerprint density at radius 2 is 2.11 bits per heavy atom. The number of carbonyl (C=O) groups is 1. The molecule has 0 radical (unpaired) electrons. The zero-order chi connectivity index (χ0) is 13.8. The minimum atomic E-state index is -0.299. The Balaban J connectivity index is 2.20. The predicted molar refractivity (Wildman–Crippen MR) is 74.5 cm³/mol. The highest BCUT2D eigenvalue weighted by Gasteiger charge is 2.34. The third-order valence-electron chi connectivity index (χ3n) is 3.53. The summed E-state index contributed by atoms with van der Waals surface area (Å²) >= 11 is 4.24. The Kier molecular flexibility index (Phi) is 4.82. The summed E-state index contributed by atoms with van der Waals surface area (Å²) in [5, 5.41) is 9.20. The molecule has 3 nitrogen and oxygen atoms in total. The van der Waals surface area contributed by atoms with Crippen molar-refractivity contribution in [1.29, 1.82) is 0 Å². The lowest BCUT2D eigenvalue weighted by Gasteiger charge is -2.28. The lowest BCUT2D eigenvalue weighted by Crippen LogP contribution is -2.31. The lowest BCUT2D eigenvalue weighted by atomic mass is 10.0. The van der Waals surface area contributed by atoms with Gasteiger partial charge >= 0.3 is 0 Å². The number of aliphatic hydroxyl groups excluding tert-OH is 1. The fourth-order valence-electron chi connectivity index (χ4n) is 2.54. The number of thiol groups is 1. The van der Waals surface area contributed by atoms with Gasteiger partial charge in [-0.15, -0.1) is 0 Å². The van der Waals surface area contributed by atoms with Crippen LogP contribution in [-0.2, 0) is 4.79 Å². The van der Waals surface area contributed by atoms with Crippen LogP contribution in [0.15, 0.2) is 24.3 Å². The monoisotopic (exact) mass is 283 g/mol. The summed E-state index contributed by atoms with van der Waals surface area (Å²) in [6.07, 6.45) is 0.975. The first kappa shape index (κ1) is 14.3. The van der Waals surface area contributed by atoms with Gasteiger partial charge in [0.2, 0.25) is 5.91 Å². The zero-order valence-corrected chi connectivity index (χ0v) is 11.5. The number of likely N-dealkylation sites (tertiary alicyclic amines) is 1. The number of hydrogen-bond acceptors (Lipinski definition) is 3. The predicted octanol–water partition coefficient (Wildman–Crippen LogP) is 2.03. The van der Waals surface area contributed by atoms with Crippen molar-refractivity contribution in [2.75, 3.05) is 18.9 Å². The Hall–Kier alpha value is -1.07. The summed E-state index contributed by atoms with van der Waals surface area (Å²) in [6, 6.07) is 5.95. The van der Waals surface area contributed by atoms with E-state index in [1.807, 2.05) is 0 Å². The summed E-state index contributed by atoms with van der Waals surface area (Å²) < 4.78 is 13.0. The van der Waals surface area contributed by atoms with Crippen LogP contribution in [-0.4, -0.2) is 34.8 Å². The molecular weight excluding hydrogens is 265 g/mol. The molecule has 5 heteroatoms. The third-order valence-corrected chi connectivity index (χ3v) is 4.05. The first-order valence-electron chi connectivity index (χ1n) is 6.42. The van der Waals surface area contributed by atoms with E-state index in [9.17, 15) is 14.3 Å². The maximum absolute atomic E-state index is 13.0. The second-order valence-electron chi connectivity index (χ2n) is 4.88. The number of nitrogens with zero attached hydrogens (tertiary/aromatic N) is 1. The van der Waals surface area contributed by atoms with Gasteiger partial charge in [-0.2, -0.15) is 12.6 Å². The van der Waals surface area contributed by atoms with E-state index in [2.05, 4.69) is 12.6 Å². The van der Waals surface area contributed by atoms with Crippen LogP contribution < -0.4 is 0 Å². The Morgan fingerprint density at radius 1 is 1.42 bits per heavy atom. The van der Waals surface area contributed by atoms with Crippen LogP contribution in [0.5, 0.6) is 0 Å². The first-order valence-corrected chi connectivity index (χ1v) is 7.05. The molecule has 1 saturated heterocycles. The normalized spacial score (nSPS) is 20.9. The molecule has 1 aliphatic rings. The Bertz CT molecular complexity index is 438. The zero-order valence-electron chi connectivity index (χ0n) is 10.6. The number of amides is 1. The summed E-state index contributed by atoms with van der Waals surface area (Å²) in [5.74, 6) is 0.726. The van der Waals surface area contributed by atoms with Crippen molar-refractivity contribution in [3.8, 4) is 0 Å². The maximum atomic E-state index is 13.0. The summed E-state index contributed by atoms with van der Waals surface area (Å²) in [6.45, 7) is 0.655. The third kappa shape index (κ3) is 3.28. The van der Waals surface area contributed by atoms with Gasteiger partial charge < -0.3 is 10.0 Å². The van der Waals surface area contributed by atoms with Crippen molar-refractivity contribution in [2.24, 2.45) is 5.92 Å². The average Bonchev–Trinajstić information content (AvgIpc) is 2.78. The van der Waals surface area contributed by atoms with E-state index in [1.165, 1.54) is 12.1 Å². The molecule has 1 aromatic rings. The summed E-state index contributed by atoms with van der Waals surface area (Å²) in [4.78, 5) is 13.8. The van der Waals surface area contributed by atoms with Crippen LogP contribution in [0.4, 0.5) is 4.39 Å². The molecule has 0 bridgehead atoms. The second-order valence-corrected chi connectivity index (χ2v) is 5.24. The fraction of sp³-hybridized carbons (Fsp3) is 0.500. The number of carbonyl (C=O) groups excluding carboxylic acids is 1. The Morgan fingerprint density at radius 3 is 2.63 bits per heavy atom. The van der Waals surface area contributed by atoms with E-state index in [0.29, 0.717) is 25.1 Å². The van der Waals surface area contributed by atoms with Gasteiger partial charge in [-0.3, -0.25) is 4.79 Å². The van der Waals surface area contributed by atoms with Crippen molar-refractivity contribution in [2.45, 2.75) is 18.9 Å². The molecular formula is C14H18FNO2S. The maximum Gasteiger partial charge on any atom is 0.223 e. The van der Waals surface area contributed by atoms with E-state index in [1.54, 1.807) is 17.0 Å². The van der Waals surface area contributed by atoms with Crippen molar-refractivity contribution in [3.05, 3.63) is 35.6 Å². The second kappa shape index (κ2) is 6.39. The minimum absolute atomic E-state index is 0.00261. The Labute approximate surface area is 117 Å². The molecule has 1 aliphatic heterocycles. The van der Waals surface area contributed by atoms with E-state index in [0.717, 1.165) is 5.56 Å². The van der Waals surface area contributed by atoms with Crippen LogP contribution in [0.2, 0.25) is 0 Å². The van der Waals surface area contributed by atoms with E-state index < -0.39 is 0 Å². The van der Waals surface area contributed by atoms with E-state index in [-0.39, 0.29) is 30.3 Å². The first-order chi connectivity index (χ1) is 9.15. The number of rotatable bonds is 5. The average molecular weight is 283 g/mol. The molecule has 0 spiro atoms. The molecule has 19 heavy (non-hydrogen) atoms. The van der Waals surface area contributed by atoms with Crippen LogP contribution in [0, 0.1) is 11.7 Å². The molecule has 1 N–H and O–H groups in total. The van der Waals surface area contributed by atoms with Crippen LogP contribution >= 0.6 is 12.6 Å². The van der Waals surface area contributed by atoms with Gasteiger partial charge in [-0.05, 0) is 35.8 Å². The summed E-state index contributed by atoms with van der Waals surface area (Å²) in [5.41, 5.74) is 0.864. The smallest absolute Gasteiger partial charge is 0.223 e. The molecule has 0 saturated carbocycles. The van der Waals surface area contributed by atoms with Crippen molar-refractivity contribution < 1.29 is 14.3 Å². The van der Waals surface area contributed by atoms with Gasteiger partial charge in [-0.1, -0.05) is 12.1 Å². The molecule has 0 aromatic heterocycles. The molecule has 1 aromatic carbocycles. The van der Waals surface area contributed by atoms with Gasteiger partial charge in [0.25, 0.3) is 0 Å². The van der Waals surface area contributed by atoms with Crippen molar-refractivity contribution in [1.82, 2.24) is 4.90 Å². The number of halogens is 1. The fourth-order valence-corrected chi connectivity index (χ4v) is 2.79. The van der Waals surface area contributed by atoms with Gasteiger partial charge in [0.05, 0.1) is 6.04 Å². The van der Waals surface area contributed by atoms with Gasteiger partial charge in [0, 0.05) is 19.6 Å². The van der Waals surface area contributed by atoms with Gasteiger partial charge in [0.15, 0.2) is 0 Å². The van der Waals surface area contributed by atoms with E-state index in [4.69, 9.17) is 0 Å². The molecule has 104 valence electrons. The minimum Gasteiger partial charge on any atom is -0.396 e. The SMILES string of the molecule is O=C1CC(CS)CN1C(CCO)c1ccc(F)cc1. The molecule has 2 rings (SSSR count). The number of benzene rings is 1. The van der Waals surface area contributed by atoms with Crippen LogP contribution in [0.25, 0.3) is 0 Å². The molecule has 2 atom stereocenters. The molecule has 1 fully saturated rings. The van der Waals surface area contributed by atoms with Crippen LogP contribution in [0.3, 0.4) is 0 Å². The van der Waals surface area contributed by atoms with Gasteiger partial charge in [0.1, 0.15) is 5.82 Å². The number of hydrogen-bond donors (Lipinski definition) is 2. The van der Waals surface area contributed by atoms with Crippen molar-refractivity contribution in [3.63, 3.8) is 0 Å². The lowest BCUT2D eigenvalue weighted by molar-refractivity contribution is -0.130. The largest absolute Gasteiger partial charge is 0.396 e. The quantitative estimate of drug-likeness (QED) is 0.812. The summed E-state index contributed by atoms with van der Waals surface area (Å²) in [7, 11) is 0. The number of aliphatic hydroxyl groups is 1. The standard InChI is InChI=1S/C14H18FNO2S/c15-12-3-1-11(2-4-12)13(5-6-17)16-8-10(9-19)7-14(16)18/h1-4,10,13,17,19H,5-9H2. The highest BCUT2D eigenvalue weighted by Crippen LogP contribution is 2.31. The topological polar surface area (TPSA) is 40.5 Å². The van der Waals surface area contributed by atoms with E-state index >= 15 is 0 Å². The highest BCUT2D eigenvalue weighted by molar-refractivity contribution is 7.80. The van der Waals surface area contributed by atoms with Gasteiger partial charge in [-0.25, -0.2) is 4.39 Å². The van der Waals surface area contributed by atoms with Crippen LogP contribution in [0.1, 0.15) is 24.4 Å². The molecule has 1 amide bonds. The highest BCUT2D eigenvalue weighted by atomic mass is 32.1. The molecule has 1 heterocycles.